The van der Waals surface area contributed by atoms with Crippen molar-refractivity contribution < 1.29 is 9.53 Å². The SMILES string of the molecule is Cc1nnc2sc(NC(=O)[C@H](C)Oc3ccccc3)nn12. The molecule has 1 amide bonds. The van der Waals surface area contributed by atoms with Crippen molar-refractivity contribution in [3.63, 3.8) is 0 Å². The highest BCUT2D eigenvalue weighted by Gasteiger charge is 2.17. The average molecular weight is 303 g/mol. The molecule has 0 bridgehead atoms. The number of fused-ring (bicyclic) bond motifs is 1. The number of carbonyl (C=O) groups is 1. The molecule has 3 aromatic rings. The van der Waals surface area contributed by atoms with E-state index in [-0.39, 0.29) is 5.91 Å². The highest BCUT2D eigenvalue weighted by atomic mass is 32.1. The van der Waals surface area contributed by atoms with Crippen LogP contribution in [0.3, 0.4) is 0 Å². The number of amides is 1. The van der Waals surface area contributed by atoms with Gasteiger partial charge in [-0.25, -0.2) is 0 Å². The minimum atomic E-state index is -0.622. The highest BCUT2D eigenvalue weighted by molar-refractivity contribution is 7.20. The third-order valence-electron chi connectivity index (χ3n) is 2.80. The molecular formula is C13H13N5O2S. The lowest BCUT2D eigenvalue weighted by Gasteiger charge is -2.13. The molecule has 1 aromatic carbocycles. The predicted octanol–water partition coefficient (Wildman–Crippen LogP) is 1.90. The summed E-state index contributed by atoms with van der Waals surface area (Å²) in [5.74, 6) is 1.06. The number of nitrogens with one attached hydrogen (secondary N) is 1. The number of nitrogens with zero attached hydrogens (tertiary/aromatic N) is 4. The fraction of sp³-hybridized carbons (Fsp3) is 0.231. The number of hydrogen-bond donors (Lipinski definition) is 1. The largest absolute Gasteiger partial charge is 0.481 e. The number of hydrogen-bond acceptors (Lipinski definition) is 6. The Labute approximate surface area is 124 Å². The maximum Gasteiger partial charge on any atom is 0.266 e. The summed E-state index contributed by atoms with van der Waals surface area (Å²) in [7, 11) is 0. The normalized spacial score (nSPS) is 12.3. The van der Waals surface area contributed by atoms with Gasteiger partial charge < -0.3 is 4.74 Å². The third kappa shape index (κ3) is 2.84. The van der Waals surface area contributed by atoms with E-state index in [2.05, 4.69) is 20.6 Å². The first-order chi connectivity index (χ1) is 10.1. The predicted molar refractivity (Wildman–Crippen MR) is 78.6 cm³/mol. The Bertz CT molecular complexity index is 767. The van der Waals surface area contributed by atoms with Gasteiger partial charge in [0, 0.05) is 0 Å². The van der Waals surface area contributed by atoms with Crippen LogP contribution < -0.4 is 10.1 Å². The van der Waals surface area contributed by atoms with E-state index in [1.54, 1.807) is 30.5 Å². The molecular weight excluding hydrogens is 290 g/mol. The Morgan fingerprint density at radius 1 is 1.33 bits per heavy atom. The van der Waals surface area contributed by atoms with Crippen molar-refractivity contribution in [2.45, 2.75) is 20.0 Å². The zero-order valence-corrected chi connectivity index (χ0v) is 12.3. The number of ether oxygens (including phenoxy) is 1. The van der Waals surface area contributed by atoms with E-state index in [4.69, 9.17) is 4.74 Å². The quantitative estimate of drug-likeness (QED) is 0.796. The second-order valence-corrected chi connectivity index (χ2v) is 5.37. The smallest absolute Gasteiger partial charge is 0.266 e. The van der Waals surface area contributed by atoms with Crippen LogP contribution in [0.2, 0.25) is 0 Å². The van der Waals surface area contributed by atoms with Crippen molar-refractivity contribution in [1.29, 1.82) is 0 Å². The van der Waals surface area contributed by atoms with Crippen LogP contribution in [-0.4, -0.2) is 31.8 Å². The van der Waals surface area contributed by atoms with Crippen molar-refractivity contribution in [1.82, 2.24) is 19.8 Å². The summed E-state index contributed by atoms with van der Waals surface area (Å²) in [5, 5.41) is 15.2. The van der Waals surface area contributed by atoms with Gasteiger partial charge in [0.1, 0.15) is 5.75 Å². The number of rotatable bonds is 4. The first-order valence-corrected chi connectivity index (χ1v) is 7.16. The van der Waals surface area contributed by atoms with Crippen LogP contribution in [0.1, 0.15) is 12.7 Å². The molecule has 8 heteroatoms. The Morgan fingerprint density at radius 2 is 2.10 bits per heavy atom. The van der Waals surface area contributed by atoms with Gasteiger partial charge >= 0.3 is 0 Å². The highest BCUT2D eigenvalue weighted by Crippen LogP contribution is 2.19. The number of carbonyl (C=O) groups excluding carboxylic acids is 1. The molecule has 3 rings (SSSR count). The number of aromatic nitrogens is 4. The minimum Gasteiger partial charge on any atom is -0.481 e. The topological polar surface area (TPSA) is 81.4 Å². The van der Waals surface area contributed by atoms with Gasteiger partial charge in [-0.15, -0.1) is 15.3 Å². The van der Waals surface area contributed by atoms with Crippen LogP contribution >= 0.6 is 11.3 Å². The van der Waals surface area contributed by atoms with E-state index in [9.17, 15) is 4.79 Å². The lowest BCUT2D eigenvalue weighted by atomic mass is 10.3. The second-order valence-electron chi connectivity index (χ2n) is 4.41. The van der Waals surface area contributed by atoms with Crippen molar-refractivity contribution in [2.24, 2.45) is 0 Å². The summed E-state index contributed by atoms with van der Waals surface area (Å²) in [6, 6.07) is 9.20. The Balaban J connectivity index is 1.67. The fourth-order valence-electron chi connectivity index (χ4n) is 1.73. The van der Waals surface area contributed by atoms with Gasteiger partial charge in [-0.3, -0.25) is 10.1 Å². The second kappa shape index (κ2) is 5.49. The van der Waals surface area contributed by atoms with Gasteiger partial charge in [0.05, 0.1) is 0 Å². The lowest BCUT2D eigenvalue weighted by Crippen LogP contribution is -2.30. The molecule has 1 atom stereocenters. The molecule has 21 heavy (non-hydrogen) atoms. The fourth-order valence-corrected chi connectivity index (χ4v) is 2.52. The van der Waals surface area contributed by atoms with Crippen molar-refractivity contribution in [2.75, 3.05) is 5.32 Å². The molecule has 1 N–H and O–H groups in total. The van der Waals surface area contributed by atoms with Gasteiger partial charge in [-0.1, -0.05) is 29.5 Å². The van der Waals surface area contributed by atoms with Gasteiger partial charge in [0.25, 0.3) is 5.91 Å². The van der Waals surface area contributed by atoms with E-state index in [0.29, 0.717) is 21.7 Å². The molecule has 0 unspecified atom stereocenters. The molecule has 0 aliphatic carbocycles. The molecule has 2 aromatic heterocycles. The lowest BCUT2D eigenvalue weighted by molar-refractivity contribution is -0.122. The first kappa shape index (κ1) is 13.5. The number of para-hydroxylation sites is 1. The van der Waals surface area contributed by atoms with E-state index in [1.165, 1.54) is 11.3 Å². The molecule has 0 aliphatic heterocycles. The zero-order valence-electron chi connectivity index (χ0n) is 11.5. The number of benzene rings is 1. The molecule has 0 radical (unpaired) electrons. The molecule has 2 heterocycles. The molecule has 7 nitrogen and oxygen atoms in total. The summed E-state index contributed by atoms with van der Waals surface area (Å²) in [6.45, 7) is 3.49. The van der Waals surface area contributed by atoms with Crippen LogP contribution in [0.15, 0.2) is 30.3 Å². The molecule has 0 spiro atoms. The summed E-state index contributed by atoms with van der Waals surface area (Å²) >= 11 is 1.26. The minimum absolute atomic E-state index is 0.263. The van der Waals surface area contributed by atoms with Crippen molar-refractivity contribution in [3.8, 4) is 5.75 Å². The van der Waals surface area contributed by atoms with Crippen LogP contribution in [0.4, 0.5) is 5.13 Å². The summed E-state index contributed by atoms with van der Waals surface area (Å²) in [6.07, 6.45) is -0.622. The van der Waals surface area contributed by atoms with Gasteiger partial charge in [-0.05, 0) is 26.0 Å². The van der Waals surface area contributed by atoms with Crippen LogP contribution in [0.5, 0.6) is 5.75 Å². The third-order valence-corrected chi connectivity index (χ3v) is 3.62. The van der Waals surface area contributed by atoms with Crippen molar-refractivity contribution in [3.05, 3.63) is 36.2 Å². The summed E-state index contributed by atoms with van der Waals surface area (Å²) in [5.41, 5.74) is 0. The molecule has 0 aliphatic rings. The molecule has 0 saturated heterocycles. The van der Waals surface area contributed by atoms with E-state index in [0.717, 1.165) is 0 Å². The monoisotopic (exact) mass is 303 g/mol. The van der Waals surface area contributed by atoms with Gasteiger partial charge in [0.15, 0.2) is 11.9 Å². The number of aryl methyl sites for hydroxylation is 1. The molecule has 0 fully saturated rings. The summed E-state index contributed by atoms with van der Waals surface area (Å²) < 4.78 is 7.14. The maximum absolute atomic E-state index is 12.1. The Hall–Kier alpha value is -2.48. The summed E-state index contributed by atoms with van der Waals surface area (Å²) in [4.78, 5) is 12.7. The Morgan fingerprint density at radius 3 is 2.81 bits per heavy atom. The Kier molecular flexibility index (Phi) is 3.53. The molecule has 108 valence electrons. The zero-order chi connectivity index (χ0) is 14.8. The van der Waals surface area contributed by atoms with E-state index < -0.39 is 6.10 Å². The first-order valence-electron chi connectivity index (χ1n) is 6.35. The van der Waals surface area contributed by atoms with Crippen LogP contribution in [0.25, 0.3) is 4.96 Å². The maximum atomic E-state index is 12.1. The van der Waals surface area contributed by atoms with Crippen LogP contribution in [0, 0.1) is 6.92 Å². The number of anilines is 1. The van der Waals surface area contributed by atoms with E-state index in [1.807, 2.05) is 18.2 Å². The van der Waals surface area contributed by atoms with Gasteiger partial charge in [-0.2, -0.15) is 4.52 Å². The van der Waals surface area contributed by atoms with E-state index >= 15 is 0 Å². The standard InChI is InChI=1S/C13H13N5O2S/c1-8(20-10-6-4-3-5-7-10)11(19)14-12-17-18-9(2)15-16-13(18)21-12/h3-8H,1-2H3,(H,14,17,19)/t8-/m0/s1. The van der Waals surface area contributed by atoms with Gasteiger partial charge in [0.2, 0.25) is 10.1 Å². The van der Waals surface area contributed by atoms with Crippen LogP contribution in [-0.2, 0) is 4.79 Å². The average Bonchev–Trinajstić information content (AvgIpc) is 3.02. The van der Waals surface area contributed by atoms with Crippen molar-refractivity contribution >= 4 is 27.3 Å². The molecule has 0 saturated carbocycles.